The molecule has 0 aliphatic carbocycles. The van der Waals surface area contributed by atoms with E-state index in [4.69, 9.17) is 14.6 Å². The Kier molecular flexibility index (Phi) is 4.22. The maximum absolute atomic E-state index is 11.5. The first kappa shape index (κ1) is 14.7. The minimum atomic E-state index is -3.82. The third-order valence-electron chi connectivity index (χ3n) is 2.88. The van der Waals surface area contributed by atoms with E-state index in [9.17, 15) is 8.42 Å². The zero-order valence-corrected chi connectivity index (χ0v) is 12.1. The summed E-state index contributed by atoms with van der Waals surface area (Å²) in [6.07, 6.45) is 1.44. The maximum Gasteiger partial charge on any atom is 0.240 e. The minimum Gasteiger partial charge on any atom is -0.490 e. The minimum absolute atomic E-state index is 0.0137. The molecule has 0 spiro atoms. The highest BCUT2D eigenvalue weighted by Crippen LogP contribution is 2.29. The standard InChI is InChI=1S/C13H16N2O4S/c1-9(18-2)8-19-11-5-6-12(20(14,16)17)13-10(11)4-3-7-15-13/h3-7,9H,8H2,1-2H3,(H2,14,16,17). The van der Waals surface area contributed by atoms with E-state index >= 15 is 0 Å². The third kappa shape index (κ3) is 3.06. The Labute approximate surface area is 117 Å². The van der Waals surface area contributed by atoms with E-state index in [-0.39, 0.29) is 11.0 Å². The Morgan fingerprint density at radius 1 is 1.35 bits per heavy atom. The van der Waals surface area contributed by atoms with Gasteiger partial charge in [-0.05, 0) is 31.2 Å². The summed E-state index contributed by atoms with van der Waals surface area (Å²) >= 11 is 0. The van der Waals surface area contributed by atoms with Crippen molar-refractivity contribution >= 4 is 20.9 Å². The molecule has 7 heteroatoms. The molecule has 1 aromatic heterocycles. The molecule has 0 aliphatic rings. The molecule has 1 aromatic carbocycles. The number of hydrogen-bond acceptors (Lipinski definition) is 5. The summed E-state index contributed by atoms with van der Waals surface area (Å²) < 4.78 is 33.8. The Bertz CT molecular complexity index is 715. The molecule has 1 heterocycles. The zero-order valence-electron chi connectivity index (χ0n) is 11.2. The lowest BCUT2D eigenvalue weighted by atomic mass is 10.2. The fourth-order valence-electron chi connectivity index (χ4n) is 1.75. The second-order valence-corrected chi connectivity index (χ2v) is 5.89. The molecular formula is C13H16N2O4S. The fraction of sp³-hybridized carbons (Fsp3) is 0.308. The van der Waals surface area contributed by atoms with Gasteiger partial charge in [0.15, 0.2) is 0 Å². The number of fused-ring (bicyclic) bond motifs is 1. The van der Waals surface area contributed by atoms with Crippen LogP contribution >= 0.6 is 0 Å². The van der Waals surface area contributed by atoms with Gasteiger partial charge in [0.25, 0.3) is 0 Å². The van der Waals surface area contributed by atoms with Gasteiger partial charge in [0.05, 0.1) is 11.6 Å². The molecule has 20 heavy (non-hydrogen) atoms. The molecule has 2 N–H and O–H groups in total. The number of aromatic nitrogens is 1. The van der Waals surface area contributed by atoms with Gasteiger partial charge < -0.3 is 9.47 Å². The van der Waals surface area contributed by atoms with E-state index in [1.54, 1.807) is 25.3 Å². The van der Waals surface area contributed by atoms with Crippen LogP contribution in [0.15, 0.2) is 35.4 Å². The summed E-state index contributed by atoms with van der Waals surface area (Å²) in [5.74, 6) is 0.546. The maximum atomic E-state index is 11.5. The van der Waals surface area contributed by atoms with Crippen LogP contribution in [-0.4, -0.2) is 33.2 Å². The highest BCUT2D eigenvalue weighted by atomic mass is 32.2. The van der Waals surface area contributed by atoms with Gasteiger partial charge in [-0.15, -0.1) is 0 Å². The summed E-state index contributed by atoms with van der Waals surface area (Å²) in [6, 6.07) is 6.43. The van der Waals surface area contributed by atoms with Crippen LogP contribution in [0.2, 0.25) is 0 Å². The fourth-order valence-corrected chi connectivity index (χ4v) is 2.44. The lowest BCUT2D eigenvalue weighted by molar-refractivity contribution is 0.0722. The van der Waals surface area contributed by atoms with Crippen molar-refractivity contribution in [3.63, 3.8) is 0 Å². The van der Waals surface area contributed by atoms with E-state index in [0.29, 0.717) is 23.3 Å². The van der Waals surface area contributed by atoms with Crippen molar-refractivity contribution in [2.24, 2.45) is 5.14 Å². The summed E-state index contributed by atoms with van der Waals surface area (Å²) in [4.78, 5) is 4.07. The topological polar surface area (TPSA) is 91.5 Å². The lowest BCUT2D eigenvalue weighted by Gasteiger charge is -2.14. The first-order chi connectivity index (χ1) is 9.43. The summed E-state index contributed by atoms with van der Waals surface area (Å²) in [6.45, 7) is 2.23. The molecule has 2 aromatic rings. The number of nitrogens with two attached hydrogens (primary N) is 1. The average molecular weight is 296 g/mol. The highest BCUT2D eigenvalue weighted by Gasteiger charge is 2.16. The molecule has 0 bridgehead atoms. The highest BCUT2D eigenvalue weighted by molar-refractivity contribution is 7.89. The summed E-state index contributed by atoms with van der Waals surface area (Å²) in [7, 11) is -2.23. The van der Waals surface area contributed by atoms with Gasteiger partial charge in [-0.1, -0.05) is 0 Å². The van der Waals surface area contributed by atoms with Gasteiger partial charge in [0.2, 0.25) is 10.0 Å². The van der Waals surface area contributed by atoms with Crippen LogP contribution in [-0.2, 0) is 14.8 Å². The molecule has 6 nitrogen and oxygen atoms in total. The number of hydrogen-bond donors (Lipinski definition) is 1. The van der Waals surface area contributed by atoms with Gasteiger partial charge in [0, 0.05) is 18.7 Å². The van der Waals surface area contributed by atoms with Crippen molar-refractivity contribution in [2.75, 3.05) is 13.7 Å². The number of pyridine rings is 1. The van der Waals surface area contributed by atoms with Crippen molar-refractivity contribution in [2.45, 2.75) is 17.9 Å². The number of methoxy groups -OCH3 is 1. The molecule has 0 fully saturated rings. The van der Waals surface area contributed by atoms with Crippen molar-refractivity contribution < 1.29 is 17.9 Å². The molecule has 2 rings (SSSR count). The van der Waals surface area contributed by atoms with Crippen LogP contribution in [0.3, 0.4) is 0 Å². The van der Waals surface area contributed by atoms with Gasteiger partial charge in [0.1, 0.15) is 17.3 Å². The van der Waals surface area contributed by atoms with Crippen molar-refractivity contribution in [3.8, 4) is 5.75 Å². The number of ether oxygens (including phenoxy) is 2. The number of nitrogens with zero attached hydrogens (tertiary/aromatic N) is 1. The largest absolute Gasteiger partial charge is 0.490 e. The average Bonchev–Trinajstić information content (AvgIpc) is 2.43. The quantitative estimate of drug-likeness (QED) is 0.897. The molecular weight excluding hydrogens is 280 g/mol. The lowest BCUT2D eigenvalue weighted by Crippen LogP contribution is -2.16. The van der Waals surface area contributed by atoms with Gasteiger partial charge in [-0.2, -0.15) is 0 Å². The van der Waals surface area contributed by atoms with E-state index in [1.807, 2.05) is 6.92 Å². The van der Waals surface area contributed by atoms with E-state index in [0.717, 1.165) is 0 Å². The number of primary sulfonamides is 1. The molecule has 0 aliphatic heterocycles. The molecule has 0 amide bonds. The third-order valence-corrected chi connectivity index (χ3v) is 3.82. The van der Waals surface area contributed by atoms with Crippen LogP contribution in [0.4, 0.5) is 0 Å². The Morgan fingerprint density at radius 2 is 2.10 bits per heavy atom. The Balaban J connectivity index is 2.49. The smallest absolute Gasteiger partial charge is 0.240 e. The van der Waals surface area contributed by atoms with Gasteiger partial charge >= 0.3 is 0 Å². The summed E-state index contributed by atoms with van der Waals surface area (Å²) in [5.41, 5.74) is 0.303. The molecule has 0 saturated heterocycles. The molecule has 1 atom stereocenters. The second-order valence-electron chi connectivity index (χ2n) is 4.36. The van der Waals surface area contributed by atoms with Crippen LogP contribution in [0, 0.1) is 0 Å². The van der Waals surface area contributed by atoms with Crippen molar-refractivity contribution in [1.82, 2.24) is 4.98 Å². The molecule has 0 saturated carbocycles. The first-order valence-corrected chi connectivity index (χ1v) is 7.54. The number of sulfonamides is 1. The monoisotopic (exact) mass is 296 g/mol. The van der Waals surface area contributed by atoms with E-state index in [1.165, 1.54) is 12.3 Å². The van der Waals surface area contributed by atoms with Crippen LogP contribution < -0.4 is 9.88 Å². The SMILES string of the molecule is COC(C)COc1ccc(S(N)(=O)=O)c2ncccc12. The van der Waals surface area contributed by atoms with Gasteiger partial charge in [-0.25, -0.2) is 13.6 Å². The van der Waals surface area contributed by atoms with Crippen molar-refractivity contribution in [3.05, 3.63) is 30.5 Å². The summed E-state index contributed by atoms with van der Waals surface area (Å²) in [5, 5.41) is 5.79. The van der Waals surface area contributed by atoms with Crippen LogP contribution in [0.25, 0.3) is 10.9 Å². The zero-order chi connectivity index (χ0) is 14.8. The molecule has 0 radical (unpaired) electrons. The van der Waals surface area contributed by atoms with Crippen LogP contribution in [0.5, 0.6) is 5.75 Å². The van der Waals surface area contributed by atoms with Gasteiger partial charge in [-0.3, -0.25) is 4.98 Å². The predicted octanol–water partition coefficient (Wildman–Crippen LogP) is 1.30. The predicted molar refractivity (Wildman–Crippen MR) is 75.1 cm³/mol. The first-order valence-electron chi connectivity index (χ1n) is 5.99. The Morgan fingerprint density at radius 3 is 2.75 bits per heavy atom. The second kappa shape index (κ2) is 5.74. The normalized spacial score (nSPS) is 13.3. The van der Waals surface area contributed by atoms with E-state index in [2.05, 4.69) is 4.98 Å². The Hall–Kier alpha value is -1.70. The number of benzene rings is 1. The number of rotatable bonds is 5. The molecule has 108 valence electrons. The van der Waals surface area contributed by atoms with Crippen molar-refractivity contribution in [1.29, 1.82) is 0 Å². The van der Waals surface area contributed by atoms with E-state index < -0.39 is 10.0 Å². The van der Waals surface area contributed by atoms with Crippen LogP contribution in [0.1, 0.15) is 6.92 Å². The molecule has 1 unspecified atom stereocenters.